The number of rotatable bonds is 5. The van der Waals surface area contributed by atoms with Gasteiger partial charge in [0.2, 0.25) is 0 Å². The predicted molar refractivity (Wildman–Crippen MR) is 57.3 cm³/mol. The number of nitrogens with two attached hydrogens (primary N) is 1. The summed E-state index contributed by atoms with van der Waals surface area (Å²) >= 11 is 0. The molecule has 1 fully saturated rings. The lowest BCUT2D eigenvalue weighted by molar-refractivity contribution is 0.283. The molecule has 2 rings (SSSR count). The summed E-state index contributed by atoms with van der Waals surface area (Å²) in [5.41, 5.74) is 5.61. The summed E-state index contributed by atoms with van der Waals surface area (Å²) in [6, 6.07) is 2.28. The largest absolute Gasteiger partial charge is 0.490 e. The molecule has 0 bridgehead atoms. The fraction of sp³-hybridized carbons (Fsp3) is 0.500. The quantitative estimate of drug-likeness (QED) is 0.837. The van der Waals surface area contributed by atoms with Gasteiger partial charge in [-0.2, -0.15) is 0 Å². The van der Waals surface area contributed by atoms with Crippen LogP contribution in [0.3, 0.4) is 0 Å². The highest BCUT2D eigenvalue weighted by Gasteiger charge is 2.22. The zero-order valence-electron chi connectivity index (χ0n) is 9.01. The zero-order valence-corrected chi connectivity index (χ0v) is 9.01. The molecule has 88 valence electrons. The lowest BCUT2D eigenvalue weighted by Crippen LogP contribution is -2.07. The maximum atomic E-state index is 13.5. The normalized spacial score (nSPS) is 15.2. The Morgan fingerprint density at radius 1 is 1.25 bits per heavy atom. The molecule has 0 unspecified atom stereocenters. The van der Waals surface area contributed by atoms with Crippen LogP contribution in [0.2, 0.25) is 0 Å². The van der Waals surface area contributed by atoms with Gasteiger partial charge in [-0.1, -0.05) is 0 Å². The Morgan fingerprint density at radius 3 is 2.62 bits per heavy atom. The Morgan fingerprint density at radius 2 is 2.00 bits per heavy atom. The van der Waals surface area contributed by atoms with Gasteiger partial charge in [0.25, 0.3) is 0 Å². The minimum Gasteiger partial charge on any atom is -0.490 e. The Hall–Kier alpha value is -1.16. The number of hydrogen-bond acceptors (Lipinski definition) is 2. The fourth-order valence-corrected chi connectivity index (χ4v) is 1.52. The van der Waals surface area contributed by atoms with Crippen LogP contribution in [0.15, 0.2) is 12.1 Å². The van der Waals surface area contributed by atoms with Crippen molar-refractivity contribution in [3.8, 4) is 5.75 Å². The van der Waals surface area contributed by atoms with Crippen LogP contribution in [0.5, 0.6) is 5.75 Å². The van der Waals surface area contributed by atoms with E-state index in [1.807, 2.05) is 0 Å². The molecular weight excluding hydrogens is 212 g/mol. The molecule has 0 saturated heterocycles. The van der Waals surface area contributed by atoms with Crippen LogP contribution in [0.25, 0.3) is 0 Å². The lowest BCUT2D eigenvalue weighted by atomic mass is 10.1. The Balaban J connectivity index is 2.08. The minimum absolute atomic E-state index is 0.00479. The van der Waals surface area contributed by atoms with Crippen molar-refractivity contribution in [3.05, 3.63) is 29.3 Å². The second-order valence-electron chi connectivity index (χ2n) is 4.17. The molecule has 0 heterocycles. The molecular formula is C12H15F2NO. The van der Waals surface area contributed by atoms with Gasteiger partial charge >= 0.3 is 0 Å². The number of halogens is 2. The van der Waals surface area contributed by atoms with E-state index in [4.69, 9.17) is 10.5 Å². The summed E-state index contributed by atoms with van der Waals surface area (Å²) in [4.78, 5) is 0. The smallest absolute Gasteiger partial charge is 0.165 e. The fourth-order valence-electron chi connectivity index (χ4n) is 1.52. The average molecular weight is 227 g/mol. The van der Waals surface area contributed by atoms with Crippen LogP contribution in [-0.4, -0.2) is 13.2 Å². The zero-order chi connectivity index (χ0) is 11.5. The lowest BCUT2D eigenvalue weighted by Gasteiger charge is -2.09. The van der Waals surface area contributed by atoms with Gasteiger partial charge in [-0.25, -0.2) is 8.78 Å². The Labute approximate surface area is 93.4 Å². The van der Waals surface area contributed by atoms with Crippen LogP contribution in [0, 0.1) is 17.6 Å². The Bertz CT molecular complexity index is 378. The SMILES string of the molecule is NCCc1cc(F)c(OCC2CC2)cc1F. The third-order valence-electron chi connectivity index (χ3n) is 2.69. The van der Waals surface area contributed by atoms with E-state index in [2.05, 4.69) is 0 Å². The summed E-state index contributed by atoms with van der Waals surface area (Å²) in [5, 5.41) is 0. The van der Waals surface area contributed by atoms with Crippen LogP contribution in [0.4, 0.5) is 8.78 Å². The Kier molecular flexibility index (Phi) is 3.39. The molecule has 2 nitrogen and oxygen atoms in total. The molecule has 16 heavy (non-hydrogen) atoms. The van der Waals surface area contributed by atoms with Crippen molar-refractivity contribution in [2.24, 2.45) is 11.7 Å². The summed E-state index contributed by atoms with van der Waals surface area (Å²) < 4.78 is 32.2. The van der Waals surface area contributed by atoms with Crippen molar-refractivity contribution in [1.82, 2.24) is 0 Å². The molecule has 1 aliphatic carbocycles. The van der Waals surface area contributed by atoms with E-state index >= 15 is 0 Å². The maximum Gasteiger partial charge on any atom is 0.165 e. The van der Waals surface area contributed by atoms with Crippen LogP contribution in [-0.2, 0) is 6.42 Å². The topological polar surface area (TPSA) is 35.2 Å². The van der Waals surface area contributed by atoms with E-state index < -0.39 is 11.6 Å². The van der Waals surface area contributed by atoms with E-state index in [-0.39, 0.29) is 5.75 Å². The molecule has 0 spiro atoms. The van der Waals surface area contributed by atoms with Crippen molar-refractivity contribution >= 4 is 0 Å². The minimum atomic E-state index is -0.509. The summed E-state index contributed by atoms with van der Waals surface area (Å²) in [6.45, 7) is 0.783. The first kappa shape index (κ1) is 11.3. The highest BCUT2D eigenvalue weighted by atomic mass is 19.1. The first-order valence-electron chi connectivity index (χ1n) is 5.51. The second kappa shape index (κ2) is 4.78. The molecule has 0 radical (unpaired) electrons. The molecule has 1 aromatic carbocycles. The van der Waals surface area contributed by atoms with Gasteiger partial charge in [-0.3, -0.25) is 0 Å². The van der Waals surface area contributed by atoms with Crippen molar-refractivity contribution < 1.29 is 13.5 Å². The van der Waals surface area contributed by atoms with Crippen molar-refractivity contribution in [1.29, 1.82) is 0 Å². The molecule has 2 N–H and O–H groups in total. The third kappa shape index (κ3) is 2.70. The average Bonchev–Trinajstić information content (AvgIpc) is 3.05. The van der Waals surface area contributed by atoms with Crippen LogP contribution in [0.1, 0.15) is 18.4 Å². The molecule has 0 amide bonds. The summed E-state index contributed by atoms with van der Waals surface area (Å²) in [5.74, 6) is -0.431. The number of benzene rings is 1. The molecule has 1 saturated carbocycles. The van der Waals surface area contributed by atoms with Gasteiger partial charge in [-0.05, 0) is 43.4 Å². The third-order valence-corrected chi connectivity index (χ3v) is 2.69. The van der Waals surface area contributed by atoms with Gasteiger partial charge in [0.05, 0.1) is 6.61 Å². The highest BCUT2D eigenvalue weighted by molar-refractivity contribution is 5.31. The van der Waals surface area contributed by atoms with E-state index in [0.29, 0.717) is 31.1 Å². The van der Waals surface area contributed by atoms with Crippen LogP contribution >= 0.6 is 0 Å². The second-order valence-corrected chi connectivity index (χ2v) is 4.17. The molecule has 0 aliphatic heterocycles. The van der Waals surface area contributed by atoms with Gasteiger partial charge < -0.3 is 10.5 Å². The first-order chi connectivity index (χ1) is 7.70. The van der Waals surface area contributed by atoms with E-state index in [9.17, 15) is 8.78 Å². The van der Waals surface area contributed by atoms with Crippen molar-refractivity contribution in [3.63, 3.8) is 0 Å². The molecule has 4 heteroatoms. The first-order valence-corrected chi connectivity index (χ1v) is 5.51. The van der Waals surface area contributed by atoms with Crippen molar-refractivity contribution in [2.45, 2.75) is 19.3 Å². The van der Waals surface area contributed by atoms with E-state index in [1.54, 1.807) is 0 Å². The van der Waals surface area contributed by atoms with Gasteiger partial charge in [0.1, 0.15) is 5.82 Å². The standard InChI is InChI=1S/C12H15F2NO/c13-10-6-12(16-7-8-1-2-8)11(14)5-9(10)3-4-15/h5-6,8H,1-4,7,15H2. The predicted octanol–water partition coefficient (Wildman–Crippen LogP) is 2.25. The molecule has 0 atom stereocenters. The number of hydrogen-bond donors (Lipinski definition) is 1. The van der Waals surface area contributed by atoms with Crippen LogP contribution < -0.4 is 10.5 Å². The van der Waals surface area contributed by atoms with Gasteiger partial charge in [0, 0.05) is 6.07 Å². The van der Waals surface area contributed by atoms with E-state index in [1.165, 1.54) is 6.07 Å². The maximum absolute atomic E-state index is 13.5. The van der Waals surface area contributed by atoms with Gasteiger partial charge in [0.15, 0.2) is 11.6 Å². The van der Waals surface area contributed by atoms with Gasteiger partial charge in [-0.15, -0.1) is 0 Å². The van der Waals surface area contributed by atoms with E-state index in [0.717, 1.165) is 18.9 Å². The monoisotopic (exact) mass is 227 g/mol. The molecule has 0 aromatic heterocycles. The number of ether oxygens (including phenoxy) is 1. The molecule has 1 aromatic rings. The molecule has 1 aliphatic rings. The summed E-state index contributed by atoms with van der Waals surface area (Å²) in [6.07, 6.45) is 2.58. The highest BCUT2D eigenvalue weighted by Crippen LogP contribution is 2.30. The van der Waals surface area contributed by atoms with Crippen molar-refractivity contribution in [2.75, 3.05) is 13.2 Å². The summed E-state index contributed by atoms with van der Waals surface area (Å²) in [7, 11) is 0.